The third kappa shape index (κ3) is 1.99. The van der Waals surface area contributed by atoms with Crippen molar-refractivity contribution < 1.29 is 4.74 Å². The smallest absolute Gasteiger partial charge is 0.138 e. The highest BCUT2D eigenvalue weighted by atomic mass is 79.9. The molecule has 82 valence electrons. The van der Waals surface area contributed by atoms with E-state index in [4.69, 9.17) is 21.6 Å². The van der Waals surface area contributed by atoms with Gasteiger partial charge in [0.2, 0.25) is 0 Å². The van der Waals surface area contributed by atoms with Crippen LogP contribution in [-0.4, -0.2) is 22.1 Å². The molecule has 0 saturated carbocycles. The minimum absolute atomic E-state index is 0.429. The largest absolute Gasteiger partial charge is 0.491 e. The van der Waals surface area contributed by atoms with Crippen LogP contribution in [0.2, 0.25) is 0 Å². The molecule has 0 bridgehead atoms. The average molecular weight is 301 g/mol. The summed E-state index contributed by atoms with van der Waals surface area (Å²) in [4.78, 5) is 0. The fraction of sp³-hybridized carbons (Fsp3) is 0.200. The molecule has 0 aromatic carbocycles. The molecule has 0 atom stereocenters. The third-order valence-corrected chi connectivity index (χ3v) is 2.77. The molecule has 0 amide bonds. The fourth-order valence-corrected chi connectivity index (χ4v) is 2.06. The number of nitrogens with zero attached hydrogens (tertiary/aromatic N) is 3. The van der Waals surface area contributed by atoms with E-state index in [1.807, 2.05) is 0 Å². The summed E-state index contributed by atoms with van der Waals surface area (Å²) in [5, 5.41) is 13.0. The van der Waals surface area contributed by atoms with Crippen molar-refractivity contribution in [3.63, 3.8) is 0 Å². The molecule has 2 heterocycles. The van der Waals surface area contributed by atoms with Gasteiger partial charge >= 0.3 is 0 Å². The summed E-state index contributed by atoms with van der Waals surface area (Å²) in [5.41, 5.74) is 1.26. The number of halogens is 2. The van der Waals surface area contributed by atoms with E-state index < -0.39 is 0 Å². The van der Waals surface area contributed by atoms with E-state index in [1.54, 1.807) is 16.8 Å². The van der Waals surface area contributed by atoms with Crippen molar-refractivity contribution in [3.05, 3.63) is 28.5 Å². The van der Waals surface area contributed by atoms with Crippen molar-refractivity contribution >= 4 is 33.0 Å². The predicted octanol–water partition coefficient (Wildman–Crippen LogP) is 2.59. The van der Waals surface area contributed by atoms with Crippen molar-refractivity contribution in [1.82, 2.24) is 9.61 Å². The highest BCUT2D eigenvalue weighted by molar-refractivity contribution is 9.10. The van der Waals surface area contributed by atoms with Gasteiger partial charge in [-0.25, -0.2) is 4.52 Å². The third-order valence-electron chi connectivity index (χ3n) is 2.01. The summed E-state index contributed by atoms with van der Waals surface area (Å²) in [5.74, 6) is 1.09. The Kier molecular flexibility index (Phi) is 3.32. The summed E-state index contributed by atoms with van der Waals surface area (Å²) in [7, 11) is 0. The summed E-state index contributed by atoms with van der Waals surface area (Å²) >= 11 is 8.92. The van der Waals surface area contributed by atoms with Gasteiger partial charge < -0.3 is 4.74 Å². The van der Waals surface area contributed by atoms with Gasteiger partial charge in [0.25, 0.3) is 0 Å². The lowest BCUT2D eigenvalue weighted by atomic mass is 10.3. The van der Waals surface area contributed by atoms with Gasteiger partial charge in [-0.15, -0.1) is 11.6 Å². The Hall–Kier alpha value is -1.25. The van der Waals surface area contributed by atoms with Gasteiger partial charge in [-0.3, -0.25) is 0 Å². The zero-order chi connectivity index (χ0) is 11.5. The number of rotatable bonds is 3. The van der Waals surface area contributed by atoms with Crippen LogP contribution < -0.4 is 4.74 Å². The maximum atomic E-state index is 8.89. The zero-order valence-corrected chi connectivity index (χ0v) is 10.5. The van der Waals surface area contributed by atoms with Crippen LogP contribution in [0.15, 0.2) is 22.9 Å². The first-order chi connectivity index (χ1) is 7.76. The first-order valence-electron chi connectivity index (χ1n) is 4.52. The van der Waals surface area contributed by atoms with Gasteiger partial charge in [0.1, 0.15) is 18.4 Å². The van der Waals surface area contributed by atoms with E-state index in [1.165, 1.54) is 6.20 Å². The van der Waals surface area contributed by atoms with Gasteiger partial charge in [0.05, 0.1) is 29.4 Å². The van der Waals surface area contributed by atoms with Crippen molar-refractivity contribution in [2.45, 2.75) is 0 Å². The number of alkyl halides is 1. The van der Waals surface area contributed by atoms with Crippen molar-refractivity contribution in [2.75, 3.05) is 12.5 Å². The van der Waals surface area contributed by atoms with E-state index >= 15 is 0 Å². The number of hydrogen-bond donors (Lipinski definition) is 0. The second-order valence-corrected chi connectivity index (χ2v) is 4.26. The molecule has 0 saturated heterocycles. The molecule has 4 nitrogen and oxygen atoms in total. The molecule has 0 aliphatic heterocycles. The molecule has 0 unspecified atom stereocenters. The zero-order valence-electron chi connectivity index (χ0n) is 8.15. The number of aromatic nitrogens is 2. The maximum absolute atomic E-state index is 8.89. The molecule has 2 rings (SSSR count). The van der Waals surface area contributed by atoms with Gasteiger partial charge in [-0.05, 0) is 22.0 Å². The number of fused-ring (bicyclic) bond motifs is 1. The van der Waals surface area contributed by atoms with E-state index in [-0.39, 0.29) is 0 Å². The molecule has 0 spiro atoms. The monoisotopic (exact) mass is 299 g/mol. The van der Waals surface area contributed by atoms with Gasteiger partial charge in [-0.2, -0.15) is 10.4 Å². The Balaban J connectivity index is 2.49. The lowest BCUT2D eigenvalue weighted by Crippen LogP contribution is -2.00. The van der Waals surface area contributed by atoms with E-state index in [0.29, 0.717) is 23.8 Å². The van der Waals surface area contributed by atoms with Crippen molar-refractivity contribution in [3.8, 4) is 11.8 Å². The Morgan fingerprint density at radius 1 is 1.62 bits per heavy atom. The number of ether oxygens (including phenoxy) is 1. The average Bonchev–Trinajstić information content (AvgIpc) is 2.69. The standard InChI is InChI=1S/C10H7BrClN3O/c11-9-3-8(16-2-1-12)6-15-10(9)7(4-13)5-14-15/h3,5-6H,1-2H2. The van der Waals surface area contributed by atoms with E-state index in [2.05, 4.69) is 27.1 Å². The summed E-state index contributed by atoms with van der Waals surface area (Å²) in [6, 6.07) is 3.87. The maximum Gasteiger partial charge on any atom is 0.138 e. The Bertz CT molecular complexity index is 561. The summed E-state index contributed by atoms with van der Waals surface area (Å²) < 4.78 is 7.76. The first-order valence-corrected chi connectivity index (χ1v) is 5.84. The van der Waals surface area contributed by atoms with Crippen LogP contribution >= 0.6 is 27.5 Å². The topological polar surface area (TPSA) is 50.3 Å². The normalized spacial score (nSPS) is 10.3. The van der Waals surface area contributed by atoms with Gasteiger partial charge in [-0.1, -0.05) is 0 Å². The van der Waals surface area contributed by atoms with Crippen LogP contribution in [-0.2, 0) is 0 Å². The molecule has 0 aliphatic carbocycles. The molecule has 0 radical (unpaired) electrons. The molecular weight excluding hydrogens is 293 g/mol. The molecule has 2 aromatic heterocycles. The van der Waals surface area contributed by atoms with Crippen LogP contribution in [0.25, 0.3) is 5.52 Å². The van der Waals surface area contributed by atoms with Crippen LogP contribution in [0, 0.1) is 11.3 Å². The van der Waals surface area contributed by atoms with Crippen LogP contribution in [0.3, 0.4) is 0 Å². The SMILES string of the molecule is N#Cc1cnn2cc(OCCCl)cc(Br)c12. The second-order valence-electron chi connectivity index (χ2n) is 3.02. The Labute approximate surface area is 106 Å². The number of pyridine rings is 1. The first kappa shape index (κ1) is 11.2. The summed E-state index contributed by atoms with van der Waals surface area (Å²) in [6.45, 7) is 0.436. The van der Waals surface area contributed by atoms with Crippen LogP contribution in [0.4, 0.5) is 0 Å². The van der Waals surface area contributed by atoms with E-state index in [0.717, 1.165) is 9.99 Å². The fourth-order valence-electron chi connectivity index (χ4n) is 1.37. The minimum Gasteiger partial charge on any atom is -0.491 e. The molecule has 16 heavy (non-hydrogen) atoms. The van der Waals surface area contributed by atoms with Gasteiger partial charge in [0, 0.05) is 4.47 Å². The highest BCUT2D eigenvalue weighted by Crippen LogP contribution is 2.26. The van der Waals surface area contributed by atoms with Crippen LogP contribution in [0.5, 0.6) is 5.75 Å². The Morgan fingerprint density at radius 3 is 3.12 bits per heavy atom. The second kappa shape index (κ2) is 4.73. The van der Waals surface area contributed by atoms with Crippen molar-refractivity contribution in [1.29, 1.82) is 5.26 Å². The van der Waals surface area contributed by atoms with Crippen LogP contribution in [0.1, 0.15) is 5.56 Å². The lowest BCUT2D eigenvalue weighted by Gasteiger charge is -2.05. The molecule has 0 aliphatic rings. The van der Waals surface area contributed by atoms with E-state index in [9.17, 15) is 0 Å². The summed E-state index contributed by atoms with van der Waals surface area (Å²) in [6.07, 6.45) is 3.24. The predicted molar refractivity (Wildman–Crippen MR) is 63.8 cm³/mol. The molecule has 2 aromatic rings. The molecule has 0 fully saturated rings. The number of hydrogen-bond acceptors (Lipinski definition) is 3. The molecule has 0 N–H and O–H groups in total. The Morgan fingerprint density at radius 2 is 2.44 bits per heavy atom. The lowest BCUT2D eigenvalue weighted by molar-refractivity contribution is 0.340. The highest BCUT2D eigenvalue weighted by Gasteiger charge is 2.09. The number of nitriles is 1. The minimum atomic E-state index is 0.429. The molecular formula is C10H7BrClN3O. The van der Waals surface area contributed by atoms with Gasteiger partial charge in [0.15, 0.2) is 0 Å². The van der Waals surface area contributed by atoms with Crippen molar-refractivity contribution in [2.24, 2.45) is 0 Å². The quantitative estimate of drug-likeness (QED) is 0.819. The molecule has 6 heteroatoms.